The minimum atomic E-state index is 0.248. The fraction of sp³-hybridized carbons (Fsp3) is 0.538. The molecule has 1 aromatic heterocycles. The molecule has 2 fully saturated rings. The molecule has 4 heteroatoms. The summed E-state index contributed by atoms with van der Waals surface area (Å²) >= 11 is 0. The molecule has 1 N–H and O–H groups in total. The number of hydrogen-bond acceptors (Lipinski definition) is 3. The van der Waals surface area contributed by atoms with Gasteiger partial charge in [-0.3, -0.25) is 4.79 Å². The molecule has 1 atom stereocenters. The molecule has 2 aliphatic rings. The Morgan fingerprint density at radius 2 is 2.24 bits per heavy atom. The molecule has 3 rings (SSSR count). The van der Waals surface area contributed by atoms with Gasteiger partial charge in [0.05, 0.1) is 0 Å². The van der Waals surface area contributed by atoms with Crippen LogP contribution in [0.4, 0.5) is 5.82 Å². The zero-order chi connectivity index (χ0) is 11.7. The Labute approximate surface area is 101 Å². The molecule has 1 aromatic rings. The van der Waals surface area contributed by atoms with Crippen LogP contribution in [0, 0.1) is 5.92 Å². The minimum absolute atomic E-state index is 0.248. The number of rotatable bonds is 3. The average molecular weight is 231 g/mol. The summed E-state index contributed by atoms with van der Waals surface area (Å²) in [6.07, 6.45) is 4.98. The van der Waals surface area contributed by atoms with E-state index in [2.05, 4.69) is 15.2 Å². The molecule has 17 heavy (non-hydrogen) atoms. The third-order valence-electron chi connectivity index (χ3n) is 3.46. The molecule has 90 valence electrons. The van der Waals surface area contributed by atoms with Crippen molar-refractivity contribution in [3.63, 3.8) is 0 Å². The van der Waals surface area contributed by atoms with Crippen LogP contribution >= 0.6 is 0 Å². The molecule has 2 heterocycles. The van der Waals surface area contributed by atoms with Crippen LogP contribution in [0.15, 0.2) is 24.4 Å². The standard InChI is InChI=1S/C13H17N3O/c17-13(10-4-5-10)15-11-6-8-16(9-11)12-3-1-2-7-14-12/h1-3,7,10-11H,4-6,8-9H2,(H,15,17)/t11-/m1/s1. The van der Waals surface area contributed by atoms with E-state index in [9.17, 15) is 4.79 Å². The highest BCUT2D eigenvalue weighted by atomic mass is 16.2. The number of carbonyl (C=O) groups excluding carboxylic acids is 1. The van der Waals surface area contributed by atoms with Gasteiger partial charge in [0.15, 0.2) is 0 Å². The molecule has 0 unspecified atom stereocenters. The first kappa shape index (κ1) is 10.6. The predicted molar refractivity (Wildman–Crippen MR) is 65.7 cm³/mol. The summed E-state index contributed by atoms with van der Waals surface area (Å²) in [7, 11) is 0. The van der Waals surface area contributed by atoms with Crippen molar-refractivity contribution in [1.29, 1.82) is 0 Å². The van der Waals surface area contributed by atoms with Gasteiger partial charge in [-0.1, -0.05) is 6.07 Å². The van der Waals surface area contributed by atoms with E-state index >= 15 is 0 Å². The first-order chi connectivity index (χ1) is 8.33. The number of pyridine rings is 1. The van der Waals surface area contributed by atoms with Gasteiger partial charge in [-0.25, -0.2) is 4.98 Å². The Balaban J connectivity index is 1.56. The van der Waals surface area contributed by atoms with Gasteiger partial charge in [-0.2, -0.15) is 0 Å². The lowest BCUT2D eigenvalue weighted by Crippen LogP contribution is -2.38. The smallest absolute Gasteiger partial charge is 0.223 e. The van der Waals surface area contributed by atoms with Gasteiger partial charge in [-0.15, -0.1) is 0 Å². The molecule has 1 saturated heterocycles. The maximum absolute atomic E-state index is 11.7. The van der Waals surface area contributed by atoms with E-state index in [0.29, 0.717) is 12.0 Å². The van der Waals surface area contributed by atoms with Crippen LogP contribution in [-0.2, 0) is 4.79 Å². The van der Waals surface area contributed by atoms with Gasteiger partial charge >= 0.3 is 0 Å². The first-order valence-corrected chi connectivity index (χ1v) is 6.29. The third kappa shape index (κ3) is 2.40. The maximum atomic E-state index is 11.7. The lowest BCUT2D eigenvalue weighted by molar-refractivity contribution is -0.122. The van der Waals surface area contributed by atoms with Crippen LogP contribution in [-0.4, -0.2) is 30.0 Å². The number of carbonyl (C=O) groups is 1. The molecule has 0 bridgehead atoms. The molecule has 0 spiro atoms. The second kappa shape index (κ2) is 4.35. The Morgan fingerprint density at radius 1 is 1.35 bits per heavy atom. The van der Waals surface area contributed by atoms with Crippen molar-refractivity contribution in [3.8, 4) is 0 Å². The average Bonchev–Trinajstić information content (AvgIpc) is 3.12. The highest BCUT2D eigenvalue weighted by molar-refractivity contribution is 5.81. The molecular formula is C13H17N3O. The summed E-state index contributed by atoms with van der Waals surface area (Å²) in [6.45, 7) is 1.86. The van der Waals surface area contributed by atoms with Gasteiger partial charge in [0.1, 0.15) is 5.82 Å². The number of aromatic nitrogens is 1. The Morgan fingerprint density at radius 3 is 2.94 bits per heavy atom. The minimum Gasteiger partial charge on any atom is -0.354 e. The summed E-state index contributed by atoms with van der Waals surface area (Å²) in [6, 6.07) is 6.24. The van der Waals surface area contributed by atoms with E-state index in [0.717, 1.165) is 38.2 Å². The van der Waals surface area contributed by atoms with Crippen LogP contribution in [0.2, 0.25) is 0 Å². The van der Waals surface area contributed by atoms with Crippen LogP contribution in [0.3, 0.4) is 0 Å². The molecular weight excluding hydrogens is 214 g/mol. The molecule has 1 amide bonds. The lowest BCUT2D eigenvalue weighted by Gasteiger charge is -2.17. The molecule has 1 aliphatic heterocycles. The summed E-state index contributed by atoms with van der Waals surface area (Å²) in [5.74, 6) is 1.56. The Bertz CT molecular complexity index is 402. The van der Waals surface area contributed by atoms with Crippen molar-refractivity contribution in [3.05, 3.63) is 24.4 Å². The van der Waals surface area contributed by atoms with Gasteiger partial charge in [0.2, 0.25) is 5.91 Å². The number of nitrogens with one attached hydrogen (secondary N) is 1. The zero-order valence-electron chi connectivity index (χ0n) is 9.80. The Hall–Kier alpha value is -1.58. The second-order valence-corrected chi connectivity index (χ2v) is 4.90. The van der Waals surface area contributed by atoms with Crippen LogP contribution in [0.5, 0.6) is 0 Å². The second-order valence-electron chi connectivity index (χ2n) is 4.90. The number of nitrogens with zero attached hydrogens (tertiary/aromatic N) is 2. The number of amides is 1. The maximum Gasteiger partial charge on any atom is 0.223 e. The van der Waals surface area contributed by atoms with Gasteiger partial charge in [0.25, 0.3) is 0 Å². The van der Waals surface area contributed by atoms with Crippen molar-refractivity contribution in [2.45, 2.75) is 25.3 Å². The van der Waals surface area contributed by atoms with Crippen LogP contribution in [0.1, 0.15) is 19.3 Å². The van der Waals surface area contributed by atoms with E-state index < -0.39 is 0 Å². The van der Waals surface area contributed by atoms with Crippen LogP contribution in [0.25, 0.3) is 0 Å². The van der Waals surface area contributed by atoms with Crippen molar-refractivity contribution in [2.75, 3.05) is 18.0 Å². The molecule has 0 radical (unpaired) electrons. The summed E-state index contributed by atoms with van der Waals surface area (Å²) < 4.78 is 0. The van der Waals surface area contributed by atoms with E-state index in [-0.39, 0.29) is 5.91 Å². The summed E-state index contributed by atoms with van der Waals surface area (Å²) in [5.41, 5.74) is 0. The molecule has 1 saturated carbocycles. The predicted octanol–water partition coefficient (Wildman–Crippen LogP) is 1.19. The van der Waals surface area contributed by atoms with E-state index in [1.54, 1.807) is 0 Å². The first-order valence-electron chi connectivity index (χ1n) is 6.29. The quantitative estimate of drug-likeness (QED) is 0.849. The SMILES string of the molecule is O=C(N[C@@H]1CCN(c2ccccn2)C1)C1CC1. The number of hydrogen-bond donors (Lipinski definition) is 1. The van der Waals surface area contributed by atoms with Crippen molar-refractivity contribution >= 4 is 11.7 Å². The summed E-state index contributed by atoms with van der Waals surface area (Å²) in [4.78, 5) is 18.2. The molecule has 4 nitrogen and oxygen atoms in total. The van der Waals surface area contributed by atoms with Gasteiger partial charge < -0.3 is 10.2 Å². The topological polar surface area (TPSA) is 45.2 Å². The molecule has 0 aromatic carbocycles. The van der Waals surface area contributed by atoms with Crippen molar-refractivity contribution in [2.24, 2.45) is 5.92 Å². The van der Waals surface area contributed by atoms with E-state index in [1.807, 2.05) is 24.4 Å². The third-order valence-corrected chi connectivity index (χ3v) is 3.46. The van der Waals surface area contributed by atoms with Crippen molar-refractivity contribution < 1.29 is 4.79 Å². The number of anilines is 1. The normalized spacial score (nSPS) is 23.8. The fourth-order valence-electron chi connectivity index (χ4n) is 2.29. The zero-order valence-corrected chi connectivity index (χ0v) is 9.80. The fourth-order valence-corrected chi connectivity index (χ4v) is 2.29. The largest absolute Gasteiger partial charge is 0.354 e. The van der Waals surface area contributed by atoms with Crippen molar-refractivity contribution in [1.82, 2.24) is 10.3 Å². The van der Waals surface area contributed by atoms with E-state index in [4.69, 9.17) is 0 Å². The Kier molecular flexibility index (Phi) is 2.71. The van der Waals surface area contributed by atoms with Crippen LogP contribution < -0.4 is 10.2 Å². The lowest BCUT2D eigenvalue weighted by atomic mass is 10.2. The van der Waals surface area contributed by atoms with E-state index in [1.165, 1.54) is 0 Å². The molecule has 1 aliphatic carbocycles. The highest BCUT2D eigenvalue weighted by Gasteiger charge is 2.32. The monoisotopic (exact) mass is 231 g/mol. The highest BCUT2D eigenvalue weighted by Crippen LogP contribution is 2.29. The summed E-state index contributed by atoms with van der Waals surface area (Å²) in [5, 5.41) is 3.13. The van der Waals surface area contributed by atoms with Gasteiger partial charge in [0, 0.05) is 31.2 Å². The van der Waals surface area contributed by atoms with Gasteiger partial charge in [-0.05, 0) is 31.4 Å².